The Labute approximate surface area is 105 Å². The molecule has 0 aromatic rings. The Balaban J connectivity index is 0.000000331. The van der Waals surface area contributed by atoms with E-state index in [4.69, 9.17) is 13.0 Å². The Bertz CT molecular complexity index is 376. The highest BCUT2D eigenvalue weighted by Crippen LogP contribution is 2.20. The van der Waals surface area contributed by atoms with Crippen LogP contribution < -0.4 is 0 Å². The van der Waals surface area contributed by atoms with E-state index in [9.17, 15) is 13.2 Å². The first kappa shape index (κ1) is 17.2. The number of rotatable bonds is 3. The molecule has 0 aliphatic carbocycles. The van der Waals surface area contributed by atoms with Gasteiger partial charge in [-0.1, -0.05) is 19.9 Å². The van der Waals surface area contributed by atoms with Crippen LogP contribution in [-0.4, -0.2) is 36.5 Å². The van der Waals surface area contributed by atoms with Crippen molar-refractivity contribution in [3.8, 4) is 0 Å². The number of allylic oxidation sites excluding steroid dienone is 1. The molecule has 18 heavy (non-hydrogen) atoms. The zero-order valence-electron chi connectivity index (χ0n) is 10.4. The summed E-state index contributed by atoms with van der Waals surface area (Å²) < 4.78 is 57.5. The van der Waals surface area contributed by atoms with Gasteiger partial charge < -0.3 is 4.90 Å². The third kappa shape index (κ3) is 5.72. The minimum absolute atomic E-state index is 1.21. The standard InChI is InChI=1S/C9H17N.CHF3O3S/c1-3-7-10-8-5-6-9(10)4-2;2-1(3,4)8(5,6)7/h6H,3-5,7-8H2,1-2H3;(H,5,6,7). The van der Waals surface area contributed by atoms with Crippen molar-refractivity contribution < 1.29 is 26.1 Å². The molecule has 0 radical (unpaired) electrons. The molecule has 0 bridgehead atoms. The van der Waals surface area contributed by atoms with E-state index in [1.165, 1.54) is 32.4 Å². The monoisotopic (exact) mass is 289 g/mol. The predicted molar refractivity (Wildman–Crippen MR) is 62.5 cm³/mol. The van der Waals surface area contributed by atoms with E-state index in [1.54, 1.807) is 5.70 Å². The second kappa shape index (κ2) is 6.98. The summed E-state index contributed by atoms with van der Waals surface area (Å²) in [5.74, 6) is 0. The quantitative estimate of drug-likeness (QED) is 0.641. The maximum absolute atomic E-state index is 10.7. The summed E-state index contributed by atoms with van der Waals surface area (Å²) in [6.45, 7) is 6.99. The summed E-state index contributed by atoms with van der Waals surface area (Å²) in [5, 5.41) is 0. The average Bonchev–Trinajstić information content (AvgIpc) is 2.63. The summed E-state index contributed by atoms with van der Waals surface area (Å²) >= 11 is 0. The zero-order chi connectivity index (χ0) is 14.4. The lowest BCUT2D eigenvalue weighted by molar-refractivity contribution is -0.0510. The summed E-state index contributed by atoms with van der Waals surface area (Å²) in [5.41, 5.74) is -3.98. The summed E-state index contributed by atoms with van der Waals surface area (Å²) in [6.07, 6.45) is 6.12. The van der Waals surface area contributed by atoms with Gasteiger partial charge in [-0.25, -0.2) is 0 Å². The van der Waals surface area contributed by atoms with Gasteiger partial charge in [0.15, 0.2) is 0 Å². The highest BCUT2D eigenvalue weighted by molar-refractivity contribution is 7.86. The van der Waals surface area contributed by atoms with Crippen molar-refractivity contribution in [3.63, 3.8) is 0 Å². The Morgan fingerprint density at radius 1 is 1.39 bits per heavy atom. The maximum atomic E-state index is 10.7. The predicted octanol–water partition coefficient (Wildman–Crippen LogP) is 2.79. The molecule has 108 valence electrons. The fraction of sp³-hybridized carbons (Fsp3) is 0.800. The average molecular weight is 289 g/mol. The van der Waals surface area contributed by atoms with Crippen LogP contribution in [0.2, 0.25) is 0 Å². The molecule has 0 spiro atoms. The normalized spacial score (nSPS) is 16.1. The Hall–Kier alpha value is -0.760. The molecule has 1 rings (SSSR count). The van der Waals surface area contributed by atoms with Crippen molar-refractivity contribution in [2.75, 3.05) is 13.1 Å². The van der Waals surface area contributed by atoms with Gasteiger partial charge >= 0.3 is 15.6 Å². The molecular weight excluding hydrogens is 271 g/mol. The number of halogens is 3. The van der Waals surface area contributed by atoms with Gasteiger partial charge in [0, 0.05) is 18.8 Å². The summed E-state index contributed by atoms with van der Waals surface area (Å²) in [6, 6.07) is 0. The van der Waals surface area contributed by atoms with Crippen molar-refractivity contribution in [2.24, 2.45) is 0 Å². The highest BCUT2D eigenvalue weighted by atomic mass is 32.2. The minimum atomic E-state index is -5.84. The molecule has 0 aromatic heterocycles. The van der Waals surface area contributed by atoms with Crippen LogP contribution >= 0.6 is 0 Å². The van der Waals surface area contributed by atoms with Gasteiger partial charge in [-0.15, -0.1) is 0 Å². The first-order valence-electron chi connectivity index (χ1n) is 5.61. The molecule has 0 amide bonds. The fourth-order valence-electron chi connectivity index (χ4n) is 1.55. The van der Waals surface area contributed by atoms with Crippen LogP contribution in [0.1, 0.15) is 33.1 Å². The van der Waals surface area contributed by atoms with Gasteiger partial charge in [-0.05, 0) is 19.3 Å². The second-order valence-corrected chi connectivity index (χ2v) is 5.16. The zero-order valence-corrected chi connectivity index (χ0v) is 11.2. The Kier molecular flexibility index (Phi) is 6.69. The van der Waals surface area contributed by atoms with Crippen molar-refractivity contribution in [1.82, 2.24) is 4.90 Å². The number of hydrogen-bond acceptors (Lipinski definition) is 3. The van der Waals surface area contributed by atoms with Gasteiger partial charge in [-0.2, -0.15) is 21.6 Å². The van der Waals surface area contributed by atoms with Crippen molar-refractivity contribution in [3.05, 3.63) is 11.8 Å². The molecule has 0 saturated carbocycles. The van der Waals surface area contributed by atoms with E-state index in [1.807, 2.05) is 0 Å². The van der Waals surface area contributed by atoms with Crippen LogP contribution in [-0.2, 0) is 10.1 Å². The maximum Gasteiger partial charge on any atom is 0.522 e. The smallest absolute Gasteiger partial charge is 0.375 e. The number of nitrogens with zero attached hydrogens (tertiary/aromatic N) is 1. The van der Waals surface area contributed by atoms with E-state index in [2.05, 4.69) is 24.8 Å². The highest BCUT2D eigenvalue weighted by Gasteiger charge is 2.44. The van der Waals surface area contributed by atoms with E-state index in [0.717, 1.165) is 0 Å². The molecule has 1 heterocycles. The molecule has 0 saturated heterocycles. The lowest BCUT2D eigenvalue weighted by atomic mass is 10.3. The molecule has 0 aromatic carbocycles. The lowest BCUT2D eigenvalue weighted by Gasteiger charge is -2.20. The van der Waals surface area contributed by atoms with Crippen molar-refractivity contribution in [1.29, 1.82) is 0 Å². The van der Waals surface area contributed by atoms with Crippen LogP contribution in [0.3, 0.4) is 0 Å². The molecular formula is C10H18F3NO3S. The van der Waals surface area contributed by atoms with E-state index < -0.39 is 15.6 Å². The molecule has 1 aliphatic rings. The summed E-state index contributed by atoms with van der Waals surface area (Å²) in [4.78, 5) is 2.50. The second-order valence-electron chi connectivity index (χ2n) is 3.75. The molecule has 8 heteroatoms. The number of alkyl halides is 3. The first-order valence-corrected chi connectivity index (χ1v) is 7.05. The fourth-order valence-corrected chi connectivity index (χ4v) is 1.55. The van der Waals surface area contributed by atoms with E-state index in [-0.39, 0.29) is 0 Å². The van der Waals surface area contributed by atoms with Crippen LogP contribution in [0.5, 0.6) is 0 Å². The molecule has 4 nitrogen and oxygen atoms in total. The van der Waals surface area contributed by atoms with Crippen LogP contribution in [0.4, 0.5) is 13.2 Å². The molecule has 1 aliphatic heterocycles. The van der Waals surface area contributed by atoms with Gasteiger partial charge in [0.05, 0.1) is 0 Å². The van der Waals surface area contributed by atoms with E-state index >= 15 is 0 Å². The molecule has 0 unspecified atom stereocenters. The third-order valence-electron chi connectivity index (χ3n) is 2.33. The van der Waals surface area contributed by atoms with Crippen LogP contribution in [0.15, 0.2) is 11.8 Å². The van der Waals surface area contributed by atoms with E-state index in [0.29, 0.717) is 0 Å². The third-order valence-corrected chi connectivity index (χ3v) is 2.92. The molecule has 1 N–H and O–H groups in total. The van der Waals surface area contributed by atoms with Crippen LogP contribution in [0.25, 0.3) is 0 Å². The van der Waals surface area contributed by atoms with Crippen molar-refractivity contribution >= 4 is 10.1 Å². The first-order chi connectivity index (χ1) is 8.13. The lowest BCUT2D eigenvalue weighted by Crippen LogP contribution is -2.21. The topological polar surface area (TPSA) is 57.6 Å². The number of hydrogen-bond donors (Lipinski definition) is 1. The Morgan fingerprint density at radius 3 is 2.22 bits per heavy atom. The summed E-state index contributed by atoms with van der Waals surface area (Å²) in [7, 11) is -5.84. The van der Waals surface area contributed by atoms with Gasteiger partial charge in [0.2, 0.25) is 0 Å². The Morgan fingerprint density at radius 2 is 1.89 bits per heavy atom. The van der Waals surface area contributed by atoms with Gasteiger partial charge in [-0.3, -0.25) is 4.55 Å². The van der Waals surface area contributed by atoms with Gasteiger partial charge in [0.1, 0.15) is 0 Å². The van der Waals surface area contributed by atoms with Gasteiger partial charge in [0.25, 0.3) is 0 Å². The molecule has 0 atom stereocenters. The van der Waals surface area contributed by atoms with Crippen LogP contribution in [0, 0.1) is 0 Å². The SMILES string of the molecule is CCCN1CCC=C1CC.O=S(=O)(O)C(F)(F)F. The van der Waals surface area contributed by atoms with Crippen molar-refractivity contribution in [2.45, 2.75) is 38.6 Å². The largest absolute Gasteiger partial charge is 0.522 e. The minimum Gasteiger partial charge on any atom is -0.375 e. The molecule has 0 fully saturated rings.